The molecule has 0 aliphatic heterocycles. The number of phenols is 1. The highest BCUT2D eigenvalue weighted by Crippen LogP contribution is 2.17. The Morgan fingerprint density at radius 3 is 2.08 bits per heavy atom. The molecule has 0 saturated carbocycles. The van der Waals surface area contributed by atoms with Crippen LogP contribution in [-0.4, -0.2) is 16.8 Å². The van der Waals surface area contributed by atoms with Crippen LogP contribution in [0.1, 0.15) is 18.1 Å². The molecule has 1 aromatic carbocycles. The predicted octanol–water partition coefficient (Wildman–Crippen LogP) is 2.01. The van der Waals surface area contributed by atoms with E-state index < -0.39 is 0 Å². The Balaban J connectivity index is 0.000000354. The molecule has 0 aliphatic rings. The van der Waals surface area contributed by atoms with E-state index in [1.165, 1.54) is 0 Å². The standard InChI is InChI=1S/C8H10O.C2H6O/c1-6-4-3-5-8(9)7(6)2;1-2-3/h3-5,9H,1-2H3;3H,2H2,1H3. The van der Waals surface area contributed by atoms with Crippen LogP contribution in [0.3, 0.4) is 0 Å². The van der Waals surface area contributed by atoms with Crippen LogP contribution in [0, 0.1) is 13.8 Å². The Kier molecular flexibility index (Phi) is 5.13. The predicted molar refractivity (Wildman–Crippen MR) is 50.3 cm³/mol. The lowest BCUT2D eigenvalue weighted by atomic mass is 10.1. The molecule has 0 atom stereocenters. The van der Waals surface area contributed by atoms with Gasteiger partial charge in [0.1, 0.15) is 5.75 Å². The van der Waals surface area contributed by atoms with Crippen LogP contribution >= 0.6 is 0 Å². The number of phenolic OH excluding ortho intramolecular Hbond substituents is 1. The molecule has 2 heteroatoms. The molecule has 1 rings (SSSR count). The molecule has 0 fully saturated rings. The fourth-order valence-electron chi connectivity index (χ4n) is 0.736. The van der Waals surface area contributed by atoms with E-state index in [1.807, 2.05) is 26.0 Å². The SMILES string of the molecule is CCO.Cc1cccc(O)c1C. The van der Waals surface area contributed by atoms with Crippen molar-refractivity contribution in [2.75, 3.05) is 6.61 Å². The molecule has 0 aromatic heterocycles. The van der Waals surface area contributed by atoms with Crippen molar-refractivity contribution >= 4 is 0 Å². The first kappa shape index (κ1) is 11.0. The van der Waals surface area contributed by atoms with Crippen molar-refractivity contribution in [3.8, 4) is 5.75 Å². The van der Waals surface area contributed by atoms with Gasteiger partial charge in [-0.15, -0.1) is 0 Å². The lowest BCUT2D eigenvalue weighted by Gasteiger charge is -1.99. The van der Waals surface area contributed by atoms with Crippen molar-refractivity contribution in [2.45, 2.75) is 20.8 Å². The number of aliphatic hydroxyl groups is 1. The van der Waals surface area contributed by atoms with Gasteiger partial charge in [0.15, 0.2) is 0 Å². The van der Waals surface area contributed by atoms with Crippen molar-refractivity contribution in [3.63, 3.8) is 0 Å². The molecule has 0 aliphatic carbocycles. The topological polar surface area (TPSA) is 40.5 Å². The van der Waals surface area contributed by atoms with Gasteiger partial charge in [0.25, 0.3) is 0 Å². The highest BCUT2D eigenvalue weighted by atomic mass is 16.3. The fourth-order valence-corrected chi connectivity index (χ4v) is 0.736. The van der Waals surface area contributed by atoms with E-state index in [0.29, 0.717) is 5.75 Å². The smallest absolute Gasteiger partial charge is 0.118 e. The van der Waals surface area contributed by atoms with Crippen LogP contribution in [0.4, 0.5) is 0 Å². The summed E-state index contributed by atoms with van der Waals surface area (Å²) in [6.45, 7) is 5.82. The van der Waals surface area contributed by atoms with Gasteiger partial charge in [-0.3, -0.25) is 0 Å². The molecular weight excluding hydrogens is 152 g/mol. The molecule has 2 N–H and O–H groups in total. The van der Waals surface area contributed by atoms with E-state index in [9.17, 15) is 0 Å². The molecule has 0 heterocycles. The Morgan fingerprint density at radius 2 is 1.75 bits per heavy atom. The van der Waals surface area contributed by atoms with Crippen LogP contribution in [0.15, 0.2) is 18.2 Å². The summed E-state index contributed by atoms with van der Waals surface area (Å²) in [4.78, 5) is 0. The van der Waals surface area contributed by atoms with Gasteiger partial charge in [-0.25, -0.2) is 0 Å². The van der Waals surface area contributed by atoms with E-state index in [0.717, 1.165) is 11.1 Å². The second-order valence-corrected chi connectivity index (χ2v) is 2.54. The Bertz CT molecular complexity index is 211. The molecule has 2 nitrogen and oxygen atoms in total. The Labute approximate surface area is 73.5 Å². The molecule has 0 radical (unpaired) electrons. The third kappa shape index (κ3) is 3.39. The summed E-state index contributed by atoms with van der Waals surface area (Å²) >= 11 is 0. The van der Waals surface area contributed by atoms with Gasteiger partial charge in [0.2, 0.25) is 0 Å². The van der Waals surface area contributed by atoms with E-state index in [2.05, 4.69) is 0 Å². The van der Waals surface area contributed by atoms with Crippen LogP contribution < -0.4 is 0 Å². The quantitative estimate of drug-likeness (QED) is 0.622. The van der Waals surface area contributed by atoms with Crippen molar-refractivity contribution in [3.05, 3.63) is 29.3 Å². The minimum atomic E-state index is 0.250. The summed E-state index contributed by atoms with van der Waals surface area (Å²) in [6, 6.07) is 5.52. The number of hydrogen-bond donors (Lipinski definition) is 2. The van der Waals surface area contributed by atoms with Gasteiger partial charge >= 0.3 is 0 Å². The summed E-state index contributed by atoms with van der Waals surface area (Å²) in [5.41, 5.74) is 2.10. The lowest BCUT2D eigenvalue weighted by Crippen LogP contribution is -1.78. The third-order valence-electron chi connectivity index (χ3n) is 1.58. The van der Waals surface area contributed by atoms with Gasteiger partial charge in [-0.2, -0.15) is 0 Å². The fraction of sp³-hybridized carbons (Fsp3) is 0.400. The van der Waals surface area contributed by atoms with Crippen molar-refractivity contribution < 1.29 is 10.2 Å². The highest BCUT2D eigenvalue weighted by Gasteiger charge is 1.94. The number of rotatable bonds is 0. The maximum Gasteiger partial charge on any atom is 0.118 e. The zero-order valence-corrected chi connectivity index (χ0v) is 7.83. The van der Waals surface area contributed by atoms with Gasteiger partial charge in [0.05, 0.1) is 0 Å². The number of benzene rings is 1. The molecule has 0 amide bonds. The van der Waals surface area contributed by atoms with E-state index in [4.69, 9.17) is 10.2 Å². The zero-order chi connectivity index (χ0) is 9.56. The van der Waals surface area contributed by atoms with E-state index in [-0.39, 0.29) is 6.61 Å². The van der Waals surface area contributed by atoms with Gasteiger partial charge < -0.3 is 10.2 Å². The first-order valence-corrected chi connectivity index (χ1v) is 3.99. The second kappa shape index (κ2) is 5.61. The minimum absolute atomic E-state index is 0.250. The second-order valence-electron chi connectivity index (χ2n) is 2.54. The molecule has 68 valence electrons. The average molecular weight is 168 g/mol. The molecule has 0 spiro atoms. The minimum Gasteiger partial charge on any atom is -0.508 e. The maximum atomic E-state index is 9.10. The van der Waals surface area contributed by atoms with Crippen LogP contribution in [0.5, 0.6) is 5.75 Å². The van der Waals surface area contributed by atoms with Crippen LogP contribution in [0.25, 0.3) is 0 Å². The van der Waals surface area contributed by atoms with Crippen LogP contribution in [-0.2, 0) is 0 Å². The van der Waals surface area contributed by atoms with Gasteiger partial charge in [0, 0.05) is 6.61 Å². The summed E-state index contributed by atoms with van der Waals surface area (Å²) in [5, 5.41) is 16.7. The summed E-state index contributed by atoms with van der Waals surface area (Å²) < 4.78 is 0. The monoisotopic (exact) mass is 168 g/mol. The van der Waals surface area contributed by atoms with Gasteiger partial charge in [-0.1, -0.05) is 12.1 Å². The number of hydrogen-bond acceptors (Lipinski definition) is 2. The number of aryl methyl sites for hydroxylation is 1. The average Bonchev–Trinajstić information content (AvgIpc) is 2.02. The van der Waals surface area contributed by atoms with E-state index in [1.54, 1.807) is 13.0 Å². The first-order chi connectivity index (χ1) is 5.63. The molecule has 0 unspecified atom stereocenters. The van der Waals surface area contributed by atoms with Crippen molar-refractivity contribution in [2.24, 2.45) is 0 Å². The molecular formula is C10H16O2. The maximum absolute atomic E-state index is 9.10. The highest BCUT2D eigenvalue weighted by molar-refractivity contribution is 5.36. The molecule has 0 bridgehead atoms. The largest absolute Gasteiger partial charge is 0.508 e. The van der Waals surface area contributed by atoms with Gasteiger partial charge in [-0.05, 0) is 38.0 Å². The number of aromatic hydroxyl groups is 1. The summed E-state index contributed by atoms with van der Waals surface area (Å²) in [7, 11) is 0. The Morgan fingerprint density at radius 1 is 1.25 bits per heavy atom. The van der Waals surface area contributed by atoms with Crippen molar-refractivity contribution in [1.29, 1.82) is 0 Å². The summed E-state index contributed by atoms with van der Waals surface area (Å²) in [6.07, 6.45) is 0. The molecule has 1 aromatic rings. The lowest BCUT2D eigenvalue weighted by molar-refractivity contribution is 0.318. The number of aliphatic hydroxyl groups excluding tert-OH is 1. The molecule has 0 saturated heterocycles. The third-order valence-corrected chi connectivity index (χ3v) is 1.58. The normalized spacial score (nSPS) is 8.67. The van der Waals surface area contributed by atoms with Crippen molar-refractivity contribution in [1.82, 2.24) is 0 Å². The van der Waals surface area contributed by atoms with E-state index >= 15 is 0 Å². The zero-order valence-electron chi connectivity index (χ0n) is 7.83. The molecule has 12 heavy (non-hydrogen) atoms. The van der Waals surface area contributed by atoms with Crippen LogP contribution in [0.2, 0.25) is 0 Å². The Hall–Kier alpha value is -1.02. The summed E-state index contributed by atoms with van der Waals surface area (Å²) in [5.74, 6) is 0.384. The first-order valence-electron chi connectivity index (χ1n) is 3.99.